The van der Waals surface area contributed by atoms with E-state index in [1.165, 1.54) is 24.3 Å². The van der Waals surface area contributed by atoms with Gasteiger partial charge in [-0.3, -0.25) is 0 Å². The largest absolute Gasteiger partial charge is 0.379 e. The zero-order valence-electron chi connectivity index (χ0n) is 8.86. The number of alkyl halides is 4. The molecule has 1 aliphatic rings. The summed E-state index contributed by atoms with van der Waals surface area (Å²) in [5, 5.41) is 9.99. The van der Waals surface area contributed by atoms with Crippen LogP contribution in [0.15, 0.2) is 30.3 Å². The summed E-state index contributed by atoms with van der Waals surface area (Å²) < 4.78 is 53.9. The van der Waals surface area contributed by atoms with Crippen LogP contribution in [0, 0.1) is 0 Å². The van der Waals surface area contributed by atoms with Gasteiger partial charge in [-0.15, -0.1) is 0 Å². The minimum atomic E-state index is -2.75. The molecule has 0 radical (unpaired) electrons. The number of halogens is 4. The zero-order chi connectivity index (χ0) is 12.6. The molecule has 1 aromatic carbocycles. The van der Waals surface area contributed by atoms with Gasteiger partial charge in [0.05, 0.1) is 0 Å². The van der Waals surface area contributed by atoms with Gasteiger partial charge in [-0.1, -0.05) is 30.3 Å². The Morgan fingerprint density at radius 2 is 1.41 bits per heavy atom. The van der Waals surface area contributed by atoms with Crippen LogP contribution in [0.5, 0.6) is 0 Å². The maximum Gasteiger partial charge on any atom is 0.167 e. The fourth-order valence-electron chi connectivity index (χ4n) is 2.18. The molecule has 5 atom stereocenters. The maximum absolute atomic E-state index is 13.7. The Morgan fingerprint density at radius 1 is 0.941 bits per heavy atom. The van der Waals surface area contributed by atoms with Crippen molar-refractivity contribution in [2.24, 2.45) is 0 Å². The quantitative estimate of drug-likeness (QED) is 0.757. The molecule has 0 heterocycles. The molecule has 1 saturated carbocycles. The van der Waals surface area contributed by atoms with E-state index in [0.29, 0.717) is 0 Å². The summed E-state index contributed by atoms with van der Waals surface area (Å²) in [6.07, 6.45) is -10.2. The van der Waals surface area contributed by atoms with Crippen LogP contribution in [-0.2, 0) is 5.60 Å². The van der Waals surface area contributed by atoms with Gasteiger partial charge in [0.2, 0.25) is 0 Å². The van der Waals surface area contributed by atoms with Crippen molar-refractivity contribution in [3.63, 3.8) is 0 Å². The van der Waals surface area contributed by atoms with Gasteiger partial charge in [-0.05, 0) is 5.56 Å². The molecule has 17 heavy (non-hydrogen) atoms. The first-order chi connectivity index (χ1) is 7.98. The smallest absolute Gasteiger partial charge is 0.167 e. The standard InChI is InChI=1S/C12H12F4O/c13-8-6-9(14)11(16)12(17,10(8)15)7-4-2-1-3-5-7/h1-5,8-11,17H,6H2/t8-,9+,10-,11+,12?. The lowest BCUT2D eigenvalue weighted by atomic mass is 9.75. The number of benzene rings is 1. The van der Waals surface area contributed by atoms with E-state index in [4.69, 9.17) is 0 Å². The molecule has 0 amide bonds. The number of hydrogen-bond acceptors (Lipinski definition) is 1. The molecule has 0 bridgehead atoms. The van der Waals surface area contributed by atoms with Crippen LogP contribution in [-0.4, -0.2) is 29.8 Å². The van der Waals surface area contributed by atoms with Crippen LogP contribution in [0.25, 0.3) is 0 Å². The molecule has 1 N–H and O–H groups in total. The summed E-state index contributed by atoms with van der Waals surface area (Å²) in [4.78, 5) is 0. The molecule has 5 heteroatoms. The molecule has 1 aliphatic carbocycles. The first-order valence-electron chi connectivity index (χ1n) is 5.32. The Morgan fingerprint density at radius 3 is 1.88 bits per heavy atom. The highest BCUT2D eigenvalue weighted by molar-refractivity contribution is 5.28. The molecular formula is C12H12F4O. The molecule has 0 spiro atoms. The normalized spacial score (nSPS) is 42.4. The first kappa shape index (κ1) is 12.4. The predicted molar refractivity (Wildman–Crippen MR) is 54.5 cm³/mol. The van der Waals surface area contributed by atoms with Gasteiger partial charge in [0.25, 0.3) is 0 Å². The number of hydrogen-bond donors (Lipinski definition) is 1. The Kier molecular flexibility index (Phi) is 3.12. The van der Waals surface area contributed by atoms with E-state index in [-0.39, 0.29) is 5.56 Å². The molecule has 0 aliphatic heterocycles. The van der Waals surface area contributed by atoms with E-state index in [0.717, 1.165) is 0 Å². The third-order valence-corrected chi connectivity index (χ3v) is 3.16. The van der Waals surface area contributed by atoms with E-state index in [2.05, 4.69) is 0 Å². The molecule has 0 saturated heterocycles. The van der Waals surface area contributed by atoms with Gasteiger partial charge in [0.15, 0.2) is 17.9 Å². The summed E-state index contributed by atoms with van der Waals surface area (Å²) in [7, 11) is 0. The van der Waals surface area contributed by atoms with Crippen molar-refractivity contribution in [3.8, 4) is 0 Å². The topological polar surface area (TPSA) is 20.2 Å². The van der Waals surface area contributed by atoms with E-state index >= 15 is 0 Å². The van der Waals surface area contributed by atoms with Gasteiger partial charge in [0.1, 0.15) is 12.3 Å². The molecular weight excluding hydrogens is 236 g/mol. The maximum atomic E-state index is 13.7. The Labute approximate surface area is 96.1 Å². The first-order valence-corrected chi connectivity index (χ1v) is 5.32. The Hall–Kier alpha value is -1.10. The third-order valence-electron chi connectivity index (χ3n) is 3.16. The Bertz CT molecular complexity index is 369. The summed E-state index contributed by atoms with van der Waals surface area (Å²) >= 11 is 0. The van der Waals surface area contributed by atoms with Crippen molar-refractivity contribution in [1.29, 1.82) is 0 Å². The van der Waals surface area contributed by atoms with Gasteiger partial charge in [-0.25, -0.2) is 17.6 Å². The highest BCUT2D eigenvalue weighted by Gasteiger charge is 2.58. The Balaban J connectivity index is 2.45. The van der Waals surface area contributed by atoms with Gasteiger partial charge < -0.3 is 5.11 Å². The van der Waals surface area contributed by atoms with Crippen molar-refractivity contribution >= 4 is 0 Å². The van der Waals surface area contributed by atoms with Crippen LogP contribution in [0.4, 0.5) is 17.6 Å². The fraction of sp³-hybridized carbons (Fsp3) is 0.500. The second-order valence-electron chi connectivity index (χ2n) is 4.26. The van der Waals surface area contributed by atoms with Gasteiger partial charge >= 0.3 is 0 Å². The predicted octanol–water partition coefficient (Wildman–Crippen LogP) is 2.63. The molecule has 0 aromatic heterocycles. The minimum absolute atomic E-state index is 0.148. The average Bonchev–Trinajstić information content (AvgIpc) is 2.35. The minimum Gasteiger partial charge on any atom is -0.379 e. The zero-order valence-corrected chi connectivity index (χ0v) is 8.86. The van der Waals surface area contributed by atoms with Gasteiger partial charge in [-0.2, -0.15) is 0 Å². The monoisotopic (exact) mass is 248 g/mol. The van der Waals surface area contributed by atoms with E-state index in [1.807, 2.05) is 0 Å². The lowest BCUT2D eigenvalue weighted by molar-refractivity contribution is -0.170. The second kappa shape index (κ2) is 4.29. The van der Waals surface area contributed by atoms with Crippen LogP contribution in [0.2, 0.25) is 0 Å². The molecule has 1 unspecified atom stereocenters. The van der Waals surface area contributed by atoms with E-state index in [9.17, 15) is 22.7 Å². The van der Waals surface area contributed by atoms with Crippen molar-refractivity contribution < 1.29 is 22.7 Å². The van der Waals surface area contributed by atoms with Crippen molar-refractivity contribution in [1.82, 2.24) is 0 Å². The SMILES string of the molecule is OC1(c2ccccc2)[C@H](F)[C@H](F)C[C@H](F)[C@@H]1F. The summed E-state index contributed by atoms with van der Waals surface area (Å²) in [6, 6.07) is 6.98. The number of rotatable bonds is 1. The lowest BCUT2D eigenvalue weighted by Gasteiger charge is -2.41. The second-order valence-corrected chi connectivity index (χ2v) is 4.26. The van der Waals surface area contributed by atoms with E-state index in [1.54, 1.807) is 6.07 Å². The molecule has 2 rings (SSSR count). The average molecular weight is 248 g/mol. The third kappa shape index (κ3) is 1.82. The van der Waals surface area contributed by atoms with Crippen LogP contribution in [0.3, 0.4) is 0 Å². The van der Waals surface area contributed by atoms with Crippen LogP contribution < -0.4 is 0 Å². The van der Waals surface area contributed by atoms with Crippen LogP contribution in [0.1, 0.15) is 12.0 Å². The fourth-order valence-corrected chi connectivity index (χ4v) is 2.18. The van der Waals surface area contributed by atoms with Crippen molar-refractivity contribution in [2.45, 2.75) is 36.7 Å². The number of aliphatic hydroxyl groups is 1. The van der Waals surface area contributed by atoms with Crippen molar-refractivity contribution in [2.75, 3.05) is 0 Å². The van der Waals surface area contributed by atoms with Crippen molar-refractivity contribution in [3.05, 3.63) is 35.9 Å². The molecule has 1 nitrogen and oxygen atoms in total. The highest BCUT2D eigenvalue weighted by atomic mass is 19.2. The molecule has 1 fully saturated rings. The summed E-state index contributed by atoms with van der Waals surface area (Å²) in [6.45, 7) is 0. The van der Waals surface area contributed by atoms with Gasteiger partial charge in [0, 0.05) is 6.42 Å². The molecule has 94 valence electrons. The summed E-state index contributed by atoms with van der Waals surface area (Å²) in [5.74, 6) is 0. The molecule has 1 aromatic rings. The summed E-state index contributed by atoms with van der Waals surface area (Å²) in [5.41, 5.74) is -2.90. The van der Waals surface area contributed by atoms with Crippen LogP contribution >= 0.6 is 0 Å². The lowest BCUT2D eigenvalue weighted by Crippen LogP contribution is -2.57. The highest BCUT2D eigenvalue weighted by Crippen LogP contribution is 2.43. The van der Waals surface area contributed by atoms with E-state index < -0.39 is 36.7 Å².